The molecule has 0 bridgehead atoms. The van der Waals surface area contributed by atoms with Crippen LogP contribution in [0.25, 0.3) is 89.1 Å². The van der Waals surface area contributed by atoms with Crippen molar-refractivity contribution < 1.29 is 4.42 Å². The van der Waals surface area contributed by atoms with Gasteiger partial charge in [-0.1, -0.05) is 133 Å². The molecule has 0 N–H and O–H groups in total. The summed E-state index contributed by atoms with van der Waals surface area (Å²) in [5.41, 5.74) is 10.2. The van der Waals surface area contributed by atoms with E-state index in [4.69, 9.17) is 19.4 Å². The molecule has 0 aliphatic carbocycles. The third-order valence-corrected chi connectivity index (χ3v) is 8.96. The SMILES string of the molecule is Cc1cccc(-c2cccc(-c3nc(-c4ccc5ccccc5c4)nc(-c4ccc5c(c4)oc4cccc(-c6ccccc6)c45)n3)c2)c1. The van der Waals surface area contributed by atoms with Gasteiger partial charge in [0, 0.05) is 27.5 Å². The molecule has 7 aromatic carbocycles. The summed E-state index contributed by atoms with van der Waals surface area (Å²) >= 11 is 0. The Hall–Kier alpha value is -6.39. The van der Waals surface area contributed by atoms with Gasteiger partial charge in [-0.25, -0.2) is 15.0 Å². The predicted molar refractivity (Wildman–Crippen MR) is 197 cm³/mol. The first kappa shape index (κ1) is 27.9. The Balaban J connectivity index is 1.22. The third-order valence-electron chi connectivity index (χ3n) is 8.96. The Bertz CT molecular complexity index is 2640. The van der Waals surface area contributed by atoms with E-state index in [-0.39, 0.29) is 0 Å². The second-order valence-electron chi connectivity index (χ2n) is 12.2. The van der Waals surface area contributed by atoms with Crippen LogP contribution < -0.4 is 0 Å². The molecule has 9 rings (SSSR count). The molecular formula is C44H29N3O. The van der Waals surface area contributed by atoms with Crippen molar-refractivity contribution in [1.29, 1.82) is 0 Å². The zero-order valence-electron chi connectivity index (χ0n) is 26.3. The largest absolute Gasteiger partial charge is 0.456 e. The van der Waals surface area contributed by atoms with Crippen LogP contribution >= 0.6 is 0 Å². The van der Waals surface area contributed by atoms with Crippen LogP contribution in [0.3, 0.4) is 0 Å². The molecule has 0 atom stereocenters. The molecular weight excluding hydrogens is 587 g/mol. The molecule has 2 aromatic heterocycles. The number of rotatable bonds is 5. The molecule has 0 aliphatic rings. The molecule has 9 aromatic rings. The minimum atomic E-state index is 0.592. The Morgan fingerprint density at radius 2 is 1.00 bits per heavy atom. The van der Waals surface area contributed by atoms with Gasteiger partial charge in [-0.05, 0) is 70.3 Å². The first-order chi connectivity index (χ1) is 23.7. The van der Waals surface area contributed by atoms with Gasteiger partial charge in [-0.3, -0.25) is 0 Å². The third kappa shape index (κ3) is 5.01. The first-order valence-electron chi connectivity index (χ1n) is 16.1. The summed E-state index contributed by atoms with van der Waals surface area (Å²) in [5, 5.41) is 4.47. The monoisotopic (exact) mass is 615 g/mol. The van der Waals surface area contributed by atoms with E-state index >= 15 is 0 Å². The lowest BCUT2D eigenvalue weighted by Crippen LogP contribution is -2.00. The maximum absolute atomic E-state index is 6.46. The molecule has 0 saturated heterocycles. The molecule has 0 amide bonds. The number of hydrogen-bond acceptors (Lipinski definition) is 4. The topological polar surface area (TPSA) is 51.8 Å². The van der Waals surface area contributed by atoms with Crippen molar-refractivity contribution in [2.24, 2.45) is 0 Å². The molecule has 226 valence electrons. The summed E-state index contributed by atoms with van der Waals surface area (Å²) in [4.78, 5) is 15.2. The Morgan fingerprint density at radius 1 is 0.396 bits per heavy atom. The standard InChI is InChI=1S/C44H29N3O/c1-28-10-7-15-31(24-28)33-16-8-17-34(26-33)42-45-43(35-21-20-29-11-5-6-14-32(29)25-35)47-44(46-42)36-22-23-38-40(27-36)48-39-19-9-18-37(41(38)39)30-12-3-2-4-13-30/h2-27H,1H3. The molecule has 0 spiro atoms. The maximum atomic E-state index is 6.46. The molecule has 0 fully saturated rings. The zero-order valence-corrected chi connectivity index (χ0v) is 26.3. The highest BCUT2D eigenvalue weighted by atomic mass is 16.3. The Labute approximate surface area is 278 Å². The lowest BCUT2D eigenvalue weighted by atomic mass is 9.99. The number of hydrogen-bond donors (Lipinski definition) is 0. The van der Waals surface area contributed by atoms with Crippen LogP contribution in [-0.4, -0.2) is 15.0 Å². The van der Waals surface area contributed by atoms with E-state index < -0.39 is 0 Å². The van der Waals surface area contributed by atoms with E-state index in [2.05, 4.69) is 146 Å². The average molecular weight is 616 g/mol. The van der Waals surface area contributed by atoms with E-state index in [1.54, 1.807) is 0 Å². The fourth-order valence-corrected chi connectivity index (χ4v) is 6.58. The van der Waals surface area contributed by atoms with Crippen molar-refractivity contribution in [3.05, 3.63) is 163 Å². The predicted octanol–water partition coefficient (Wildman–Crippen LogP) is 11.6. The van der Waals surface area contributed by atoms with Crippen molar-refractivity contribution in [2.75, 3.05) is 0 Å². The van der Waals surface area contributed by atoms with Crippen molar-refractivity contribution in [2.45, 2.75) is 6.92 Å². The molecule has 0 aliphatic heterocycles. The van der Waals surface area contributed by atoms with E-state index in [1.165, 1.54) is 10.9 Å². The second-order valence-corrected chi connectivity index (χ2v) is 12.2. The molecule has 0 unspecified atom stereocenters. The first-order valence-corrected chi connectivity index (χ1v) is 16.1. The Kier molecular flexibility index (Phi) is 6.65. The van der Waals surface area contributed by atoms with E-state index in [0.717, 1.165) is 66.3 Å². The summed E-state index contributed by atoms with van der Waals surface area (Å²) in [6.07, 6.45) is 0. The summed E-state index contributed by atoms with van der Waals surface area (Å²) < 4.78 is 6.46. The van der Waals surface area contributed by atoms with Gasteiger partial charge >= 0.3 is 0 Å². The average Bonchev–Trinajstić information content (AvgIpc) is 3.53. The van der Waals surface area contributed by atoms with Crippen molar-refractivity contribution in [3.63, 3.8) is 0 Å². The van der Waals surface area contributed by atoms with Crippen LogP contribution in [0.5, 0.6) is 0 Å². The lowest BCUT2D eigenvalue weighted by molar-refractivity contribution is 0.669. The second kappa shape index (κ2) is 11.4. The van der Waals surface area contributed by atoms with E-state index in [1.807, 2.05) is 18.2 Å². The molecule has 2 heterocycles. The van der Waals surface area contributed by atoms with E-state index in [9.17, 15) is 0 Å². The molecule has 0 radical (unpaired) electrons. The van der Waals surface area contributed by atoms with Crippen LogP contribution in [0, 0.1) is 6.92 Å². The number of fused-ring (bicyclic) bond motifs is 4. The van der Waals surface area contributed by atoms with Crippen molar-refractivity contribution in [1.82, 2.24) is 15.0 Å². The van der Waals surface area contributed by atoms with Gasteiger partial charge in [0.1, 0.15) is 11.2 Å². The fraction of sp³-hybridized carbons (Fsp3) is 0.0227. The van der Waals surface area contributed by atoms with E-state index in [0.29, 0.717) is 17.5 Å². The van der Waals surface area contributed by atoms with Crippen LogP contribution in [0.15, 0.2) is 162 Å². The van der Waals surface area contributed by atoms with Crippen LogP contribution in [-0.2, 0) is 0 Å². The smallest absolute Gasteiger partial charge is 0.164 e. The lowest BCUT2D eigenvalue weighted by Gasteiger charge is -2.10. The van der Waals surface area contributed by atoms with Crippen molar-refractivity contribution in [3.8, 4) is 56.4 Å². The molecule has 48 heavy (non-hydrogen) atoms. The Morgan fingerprint density at radius 3 is 1.79 bits per heavy atom. The number of aryl methyl sites for hydroxylation is 1. The van der Waals surface area contributed by atoms with Crippen LogP contribution in [0.2, 0.25) is 0 Å². The summed E-state index contributed by atoms with van der Waals surface area (Å²) in [5.74, 6) is 1.83. The molecule has 0 saturated carbocycles. The fourth-order valence-electron chi connectivity index (χ4n) is 6.58. The van der Waals surface area contributed by atoms with Gasteiger partial charge in [0.05, 0.1) is 0 Å². The van der Waals surface area contributed by atoms with Gasteiger partial charge in [0.15, 0.2) is 17.5 Å². The number of aromatic nitrogens is 3. The molecule has 4 heteroatoms. The highest BCUT2D eigenvalue weighted by molar-refractivity contribution is 6.13. The van der Waals surface area contributed by atoms with Gasteiger partial charge < -0.3 is 4.42 Å². The summed E-state index contributed by atoms with van der Waals surface area (Å²) in [7, 11) is 0. The highest BCUT2D eigenvalue weighted by Crippen LogP contribution is 2.38. The quantitative estimate of drug-likeness (QED) is 0.193. The number of furan rings is 1. The normalized spacial score (nSPS) is 11.4. The number of nitrogens with zero attached hydrogens (tertiary/aromatic N) is 3. The summed E-state index contributed by atoms with van der Waals surface area (Å²) in [6, 6.07) is 54.6. The van der Waals surface area contributed by atoms with Crippen LogP contribution in [0.1, 0.15) is 5.56 Å². The van der Waals surface area contributed by atoms with Crippen molar-refractivity contribution >= 4 is 32.7 Å². The number of benzene rings is 7. The van der Waals surface area contributed by atoms with Gasteiger partial charge in [-0.2, -0.15) is 0 Å². The van der Waals surface area contributed by atoms with Gasteiger partial charge in [0.2, 0.25) is 0 Å². The van der Waals surface area contributed by atoms with Gasteiger partial charge in [0.25, 0.3) is 0 Å². The minimum absolute atomic E-state index is 0.592. The minimum Gasteiger partial charge on any atom is -0.456 e. The highest BCUT2D eigenvalue weighted by Gasteiger charge is 2.17. The molecule has 4 nitrogen and oxygen atoms in total. The zero-order chi connectivity index (χ0) is 32.0. The van der Waals surface area contributed by atoms with Gasteiger partial charge in [-0.15, -0.1) is 0 Å². The maximum Gasteiger partial charge on any atom is 0.164 e. The van der Waals surface area contributed by atoms with Crippen LogP contribution in [0.4, 0.5) is 0 Å². The summed E-state index contributed by atoms with van der Waals surface area (Å²) in [6.45, 7) is 2.11.